The van der Waals surface area contributed by atoms with Crippen molar-refractivity contribution in [3.63, 3.8) is 0 Å². The molecule has 280 valence electrons. The Morgan fingerprint density at radius 3 is 1.98 bits per heavy atom. The summed E-state index contributed by atoms with van der Waals surface area (Å²) in [6.45, 7) is 13.9. The molecule has 0 bridgehead atoms. The number of aliphatic imine (C=N–C) groups is 1. The highest BCUT2D eigenvalue weighted by molar-refractivity contribution is 6.03. The number of hydrogen-bond acceptors (Lipinski definition) is 8. The maximum absolute atomic E-state index is 13.0. The Morgan fingerprint density at radius 1 is 0.811 bits per heavy atom. The van der Waals surface area contributed by atoms with Crippen LogP contribution in [-0.2, 0) is 9.47 Å². The van der Waals surface area contributed by atoms with Crippen LogP contribution in [0.25, 0.3) is 28.0 Å². The number of H-pyrrole nitrogens is 1. The second kappa shape index (κ2) is 13.2. The van der Waals surface area contributed by atoms with Crippen LogP contribution in [0, 0.1) is 5.41 Å². The third-order valence-corrected chi connectivity index (χ3v) is 10.8. The van der Waals surface area contributed by atoms with Crippen LogP contribution in [0.15, 0.2) is 53.8 Å². The Kier molecular flexibility index (Phi) is 8.81. The van der Waals surface area contributed by atoms with Gasteiger partial charge >= 0.3 is 12.2 Å². The molecule has 2 amide bonds. The van der Waals surface area contributed by atoms with E-state index in [-0.39, 0.29) is 29.7 Å². The average molecular weight is 722 g/mol. The second-order valence-corrected chi connectivity index (χ2v) is 17.3. The van der Waals surface area contributed by atoms with Crippen LogP contribution in [0.3, 0.4) is 0 Å². The van der Waals surface area contributed by atoms with Crippen molar-refractivity contribution in [3.8, 4) is 33.9 Å². The number of carbonyl (C=O) groups is 2. The number of amides is 2. The number of carbonyl (C=O) groups excluding carboxylic acids is 2. The molecule has 2 atom stereocenters. The van der Waals surface area contributed by atoms with Crippen LogP contribution < -0.4 is 9.47 Å². The summed E-state index contributed by atoms with van der Waals surface area (Å²) in [5, 5.41) is 0. The topological polar surface area (TPSA) is 119 Å². The van der Waals surface area contributed by atoms with Gasteiger partial charge in [0.15, 0.2) is 0 Å². The third-order valence-electron chi connectivity index (χ3n) is 10.8. The van der Waals surface area contributed by atoms with Crippen molar-refractivity contribution in [1.82, 2.24) is 19.8 Å². The molecule has 1 N–H and O–H groups in total. The quantitative estimate of drug-likeness (QED) is 0.286. The highest BCUT2D eigenvalue weighted by Crippen LogP contribution is 2.50. The maximum Gasteiger partial charge on any atom is 0.410 e. The summed E-state index contributed by atoms with van der Waals surface area (Å²) < 4.78 is 24.6. The van der Waals surface area contributed by atoms with E-state index in [0.717, 1.165) is 95.1 Å². The van der Waals surface area contributed by atoms with Crippen LogP contribution in [0.4, 0.5) is 9.59 Å². The molecule has 0 radical (unpaired) electrons. The number of imidazole rings is 1. The van der Waals surface area contributed by atoms with Gasteiger partial charge in [-0.3, -0.25) is 14.8 Å². The number of rotatable bonds is 4. The van der Waals surface area contributed by atoms with Gasteiger partial charge in [0, 0.05) is 53.5 Å². The number of aromatic nitrogens is 2. The fraction of sp³-hybridized carbons (Fsp3) is 0.524. The largest absolute Gasteiger partial charge is 0.492 e. The lowest BCUT2D eigenvalue weighted by Crippen LogP contribution is -2.43. The van der Waals surface area contributed by atoms with Crippen LogP contribution in [0.2, 0.25) is 0 Å². The molecule has 1 spiro atoms. The van der Waals surface area contributed by atoms with Crippen molar-refractivity contribution in [2.24, 2.45) is 10.4 Å². The van der Waals surface area contributed by atoms with Gasteiger partial charge in [-0.1, -0.05) is 12.1 Å². The number of allylic oxidation sites excluding steroid dienone is 1. The Balaban J connectivity index is 1.03. The van der Waals surface area contributed by atoms with Gasteiger partial charge in [-0.2, -0.15) is 0 Å². The summed E-state index contributed by atoms with van der Waals surface area (Å²) in [6, 6.07) is 12.5. The monoisotopic (exact) mass is 721 g/mol. The summed E-state index contributed by atoms with van der Waals surface area (Å²) in [4.78, 5) is 42.7. The summed E-state index contributed by atoms with van der Waals surface area (Å²) >= 11 is 0. The van der Waals surface area contributed by atoms with Gasteiger partial charge in [-0.15, -0.1) is 0 Å². The zero-order valence-corrected chi connectivity index (χ0v) is 31.8. The first kappa shape index (κ1) is 35.2. The summed E-state index contributed by atoms with van der Waals surface area (Å²) in [5.74, 6) is 2.39. The van der Waals surface area contributed by atoms with Gasteiger partial charge < -0.3 is 23.9 Å². The predicted octanol–water partition coefficient (Wildman–Crippen LogP) is 8.95. The number of nitrogens with one attached hydrogen (secondary N) is 1. The first-order valence-corrected chi connectivity index (χ1v) is 19.1. The molecule has 4 aliphatic heterocycles. The second-order valence-electron chi connectivity index (χ2n) is 17.3. The Morgan fingerprint density at radius 2 is 1.38 bits per heavy atom. The molecule has 3 fully saturated rings. The van der Waals surface area contributed by atoms with E-state index in [4.69, 9.17) is 28.9 Å². The van der Waals surface area contributed by atoms with Crippen molar-refractivity contribution < 1.29 is 28.5 Å². The first-order chi connectivity index (χ1) is 25.2. The first-order valence-electron chi connectivity index (χ1n) is 19.1. The van der Waals surface area contributed by atoms with Gasteiger partial charge in [0.05, 0.1) is 37.2 Å². The van der Waals surface area contributed by atoms with E-state index >= 15 is 0 Å². The van der Waals surface area contributed by atoms with Gasteiger partial charge in [0.1, 0.15) is 28.5 Å². The highest BCUT2D eigenvalue weighted by atomic mass is 16.6. The molecular formula is C42H51N5O6. The number of fused-ring (bicyclic) bond motifs is 3. The lowest BCUT2D eigenvalue weighted by molar-refractivity contribution is 0.0216. The molecule has 5 heterocycles. The van der Waals surface area contributed by atoms with Crippen LogP contribution in [0.5, 0.6) is 11.5 Å². The fourth-order valence-corrected chi connectivity index (χ4v) is 7.79. The number of likely N-dealkylation sites (tertiary alicyclic amines) is 2. The average Bonchev–Trinajstić information content (AvgIpc) is 3.68. The Hall–Kier alpha value is -4.80. The zero-order valence-electron chi connectivity index (χ0n) is 31.8. The standard InChI is InChI=1S/C42H51N5O6/c1-40(2,3)52-38(48)46-17-7-9-33(46)31-19-28(22-43-31)26-11-13-29-30-14-12-27(21-36(30)51-25-42(15-16-42)24-50-35(29)20-26)32-23-44-37(45-32)34-10-8-18-47(34)39(49)53-41(4,5)6/h11-14,20-23,33-34H,7-10,15-19,24-25H2,1-6H3,(H,44,45)/t33-,34-/m0/s1. The molecule has 2 saturated heterocycles. The van der Waals surface area contributed by atoms with E-state index in [1.807, 2.05) is 58.8 Å². The molecule has 5 aliphatic rings. The minimum Gasteiger partial charge on any atom is -0.492 e. The van der Waals surface area contributed by atoms with Gasteiger partial charge in [0.2, 0.25) is 0 Å². The smallest absolute Gasteiger partial charge is 0.410 e. The number of aromatic amines is 1. The van der Waals surface area contributed by atoms with E-state index in [0.29, 0.717) is 32.7 Å². The van der Waals surface area contributed by atoms with E-state index in [2.05, 4.69) is 41.4 Å². The molecule has 53 heavy (non-hydrogen) atoms. The van der Waals surface area contributed by atoms with Crippen molar-refractivity contribution in [2.75, 3.05) is 26.3 Å². The molecule has 8 rings (SSSR count). The summed E-state index contributed by atoms with van der Waals surface area (Å²) in [5.41, 5.74) is 5.84. The van der Waals surface area contributed by atoms with Crippen LogP contribution in [0.1, 0.15) is 104 Å². The molecule has 0 unspecified atom stereocenters. The maximum atomic E-state index is 13.0. The predicted molar refractivity (Wildman–Crippen MR) is 203 cm³/mol. The van der Waals surface area contributed by atoms with Crippen molar-refractivity contribution in [1.29, 1.82) is 0 Å². The minimum absolute atomic E-state index is 0.00383. The molecule has 1 aliphatic carbocycles. The lowest BCUT2D eigenvalue weighted by atomic mass is 9.95. The van der Waals surface area contributed by atoms with Crippen LogP contribution in [-0.4, -0.2) is 81.2 Å². The van der Waals surface area contributed by atoms with Crippen molar-refractivity contribution >= 4 is 23.5 Å². The molecule has 1 saturated carbocycles. The third kappa shape index (κ3) is 7.39. The molecule has 11 heteroatoms. The molecule has 3 aromatic rings. The lowest BCUT2D eigenvalue weighted by Gasteiger charge is -2.28. The number of nitrogens with zero attached hydrogens (tertiary/aromatic N) is 4. The Bertz CT molecular complexity index is 1980. The Labute approximate surface area is 311 Å². The zero-order chi connectivity index (χ0) is 37.1. The van der Waals surface area contributed by atoms with Crippen molar-refractivity contribution in [2.45, 2.75) is 110 Å². The SMILES string of the molecule is CC(C)(C)OC(=O)N1CCC[C@H]1C1=NC=C(c2ccc3c(c2)OCC2(CC2)COc2cc(-c4cnc([C@@H]5CCCN5C(=O)OC(C)(C)C)[nH]4)ccc2-3)C1. The normalized spacial score (nSPS) is 22.1. The van der Waals surface area contributed by atoms with E-state index in [9.17, 15) is 9.59 Å². The van der Waals surface area contributed by atoms with E-state index < -0.39 is 11.2 Å². The summed E-state index contributed by atoms with van der Waals surface area (Å²) in [6.07, 6.45) is 9.56. The number of ether oxygens (including phenoxy) is 4. The van der Waals surface area contributed by atoms with Gasteiger partial charge in [0.25, 0.3) is 0 Å². The fourth-order valence-electron chi connectivity index (χ4n) is 7.79. The molecule has 1 aromatic heterocycles. The van der Waals surface area contributed by atoms with Gasteiger partial charge in [-0.25, -0.2) is 14.6 Å². The molecule has 2 aromatic carbocycles. The summed E-state index contributed by atoms with van der Waals surface area (Å²) in [7, 11) is 0. The van der Waals surface area contributed by atoms with Gasteiger partial charge in [-0.05, 0) is 115 Å². The van der Waals surface area contributed by atoms with E-state index in [1.54, 1.807) is 4.90 Å². The minimum atomic E-state index is -0.559. The van der Waals surface area contributed by atoms with E-state index in [1.165, 1.54) is 0 Å². The molecular weight excluding hydrogens is 670 g/mol. The van der Waals surface area contributed by atoms with Crippen molar-refractivity contribution in [3.05, 3.63) is 60.2 Å². The highest BCUT2D eigenvalue weighted by Gasteiger charge is 2.45. The molecule has 11 nitrogen and oxygen atoms in total. The number of benzene rings is 2. The van der Waals surface area contributed by atoms with Crippen LogP contribution >= 0.6 is 0 Å². The number of hydrogen-bond donors (Lipinski definition) is 1.